The Balaban J connectivity index is 3.40. The minimum Gasteiger partial charge on any atom is -0.358 e. The van der Waals surface area contributed by atoms with Crippen molar-refractivity contribution in [1.29, 1.82) is 5.26 Å². The average Bonchev–Trinajstić information content (AvgIpc) is 2.20. The van der Waals surface area contributed by atoms with E-state index in [1.54, 1.807) is 28.7 Å². The van der Waals surface area contributed by atoms with Crippen molar-refractivity contribution in [2.24, 2.45) is 0 Å². The van der Waals surface area contributed by atoms with Crippen molar-refractivity contribution < 1.29 is 13.7 Å². The maximum atomic E-state index is 12.5. The number of nitriles is 1. The molecule has 0 atom stereocenters. The Hall–Kier alpha value is -1.37. The van der Waals surface area contributed by atoms with Gasteiger partial charge in [0.05, 0.1) is 16.1 Å². The van der Waals surface area contributed by atoms with Crippen LogP contribution in [0.5, 0.6) is 0 Å². The number of halogens is 3. The highest BCUT2D eigenvalue weighted by Crippen LogP contribution is 2.28. The lowest BCUT2D eigenvalue weighted by Crippen LogP contribution is -2.03. The number of nitro groups is 1. The van der Waals surface area contributed by atoms with E-state index in [2.05, 4.69) is 4.98 Å². The van der Waals surface area contributed by atoms with Crippen LogP contribution in [0.4, 0.5) is 14.6 Å². The maximum absolute atomic E-state index is 12.5. The highest BCUT2D eigenvalue weighted by Gasteiger charge is 2.25. The van der Waals surface area contributed by atoms with E-state index in [1.165, 1.54) is 0 Å². The molecule has 0 aliphatic heterocycles. The molecule has 0 N–H and O–H groups in total. The lowest BCUT2D eigenvalue weighted by atomic mass is 10.1. The minimum absolute atomic E-state index is 0.0970. The first-order valence-electron chi connectivity index (χ1n) is 3.96. The highest BCUT2D eigenvalue weighted by atomic mass is 127. The molecule has 1 rings (SSSR count). The molecule has 0 unspecified atom stereocenters. The Morgan fingerprint density at radius 1 is 1.69 bits per heavy atom. The summed E-state index contributed by atoms with van der Waals surface area (Å²) in [6, 6.07) is 2.80. The summed E-state index contributed by atoms with van der Waals surface area (Å²) in [5, 5.41) is 18.9. The predicted octanol–water partition coefficient (Wildman–Crippen LogP) is 2.60. The van der Waals surface area contributed by atoms with Gasteiger partial charge < -0.3 is 10.1 Å². The lowest BCUT2D eigenvalue weighted by Gasteiger charge is -2.03. The van der Waals surface area contributed by atoms with Gasteiger partial charge in [-0.2, -0.15) is 5.26 Å². The van der Waals surface area contributed by atoms with Crippen LogP contribution in [-0.2, 0) is 6.42 Å². The predicted molar refractivity (Wildman–Crippen MR) is 57.9 cm³/mol. The summed E-state index contributed by atoms with van der Waals surface area (Å²) < 4.78 is 25.1. The fourth-order valence-corrected chi connectivity index (χ4v) is 1.74. The monoisotopic (exact) mass is 339 g/mol. The molecular formula is C8H4F2IN3O2. The number of nitrogens with zero attached hydrogens (tertiary/aromatic N) is 3. The van der Waals surface area contributed by atoms with E-state index in [0.717, 1.165) is 6.07 Å². The Labute approximate surface area is 102 Å². The molecule has 8 heteroatoms. The zero-order valence-electron chi connectivity index (χ0n) is 7.65. The van der Waals surface area contributed by atoms with Crippen molar-refractivity contribution >= 4 is 28.4 Å². The number of hydrogen-bond acceptors (Lipinski definition) is 4. The van der Waals surface area contributed by atoms with Crippen LogP contribution in [0.1, 0.15) is 17.7 Å². The number of rotatable bonds is 3. The van der Waals surface area contributed by atoms with Crippen LogP contribution in [0.3, 0.4) is 0 Å². The van der Waals surface area contributed by atoms with Crippen LogP contribution < -0.4 is 0 Å². The molecule has 5 nitrogen and oxygen atoms in total. The molecule has 16 heavy (non-hydrogen) atoms. The fraction of sp³-hybridized carbons (Fsp3) is 0.250. The minimum atomic E-state index is -2.90. The van der Waals surface area contributed by atoms with Gasteiger partial charge in [0.2, 0.25) is 5.69 Å². The molecule has 0 amide bonds. The molecule has 0 fully saturated rings. The Morgan fingerprint density at radius 2 is 2.31 bits per heavy atom. The topological polar surface area (TPSA) is 79.8 Å². The maximum Gasteiger partial charge on any atom is 0.364 e. The first-order chi connectivity index (χ1) is 7.47. The van der Waals surface area contributed by atoms with Crippen LogP contribution >= 0.6 is 22.6 Å². The Kier molecular flexibility index (Phi) is 4.05. The summed E-state index contributed by atoms with van der Waals surface area (Å²) >= 11 is 1.60. The smallest absolute Gasteiger partial charge is 0.358 e. The van der Waals surface area contributed by atoms with E-state index in [-0.39, 0.29) is 15.6 Å². The molecule has 1 heterocycles. The van der Waals surface area contributed by atoms with Crippen LogP contribution in [0, 0.1) is 25.0 Å². The molecule has 1 aromatic rings. The van der Waals surface area contributed by atoms with E-state index in [0.29, 0.717) is 0 Å². The Bertz CT molecular complexity index is 473. The molecule has 0 aromatic carbocycles. The van der Waals surface area contributed by atoms with Gasteiger partial charge in [0.25, 0.3) is 0 Å². The SMILES string of the molecule is N#CCc1cc([N+](=O)[O-])nc(C(F)F)c1I. The third kappa shape index (κ3) is 2.60. The summed E-state index contributed by atoms with van der Waals surface area (Å²) in [6.07, 6.45) is -3.06. The van der Waals surface area contributed by atoms with Crippen molar-refractivity contribution in [2.45, 2.75) is 12.8 Å². The molecule has 84 valence electrons. The molecule has 0 saturated carbocycles. The highest BCUT2D eigenvalue weighted by molar-refractivity contribution is 14.1. The van der Waals surface area contributed by atoms with Crippen LogP contribution in [0.25, 0.3) is 0 Å². The number of hydrogen-bond donors (Lipinski definition) is 0. The fourth-order valence-electron chi connectivity index (χ4n) is 1.04. The van der Waals surface area contributed by atoms with E-state index in [4.69, 9.17) is 5.26 Å². The van der Waals surface area contributed by atoms with Gasteiger partial charge in [-0.3, -0.25) is 0 Å². The van der Waals surface area contributed by atoms with E-state index in [1.807, 2.05) is 0 Å². The van der Waals surface area contributed by atoms with Gasteiger partial charge in [-0.25, -0.2) is 8.78 Å². The molecule has 0 spiro atoms. The number of pyridine rings is 1. The second-order valence-corrected chi connectivity index (χ2v) is 3.81. The summed E-state index contributed by atoms with van der Waals surface area (Å²) in [5.74, 6) is -0.666. The van der Waals surface area contributed by atoms with Gasteiger partial charge in [0.1, 0.15) is 0 Å². The molecule has 0 radical (unpaired) electrons. The largest absolute Gasteiger partial charge is 0.364 e. The second kappa shape index (κ2) is 5.11. The summed E-state index contributed by atoms with van der Waals surface area (Å²) in [4.78, 5) is 12.8. The summed E-state index contributed by atoms with van der Waals surface area (Å²) in [5.41, 5.74) is -0.458. The first-order valence-corrected chi connectivity index (χ1v) is 5.04. The van der Waals surface area contributed by atoms with Crippen molar-refractivity contribution in [2.75, 3.05) is 0 Å². The van der Waals surface area contributed by atoms with Gasteiger partial charge in [0.15, 0.2) is 0 Å². The van der Waals surface area contributed by atoms with E-state index >= 15 is 0 Å². The van der Waals surface area contributed by atoms with Crippen molar-refractivity contribution in [3.63, 3.8) is 0 Å². The molecular weight excluding hydrogens is 335 g/mol. The van der Waals surface area contributed by atoms with Gasteiger partial charge >= 0.3 is 12.2 Å². The second-order valence-electron chi connectivity index (χ2n) is 2.73. The molecule has 0 bridgehead atoms. The third-order valence-electron chi connectivity index (χ3n) is 1.71. The Morgan fingerprint density at radius 3 is 2.75 bits per heavy atom. The standard InChI is InChI=1S/C8H4F2IN3O2/c9-8(10)7-6(11)4(1-2-12)3-5(13-7)14(15)16/h3,8H,1H2. The normalized spacial score (nSPS) is 10.2. The molecule has 0 saturated heterocycles. The number of aromatic nitrogens is 1. The van der Waals surface area contributed by atoms with Gasteiger partial charge in [0, 0.05) is 6.07 Å². The van der Waals surface area contributed by atoms with Crippen molar-refractivity contribution in [3.05, 3.63) is 31.0 Å². The van der Waals surface area contributed by atoms with Crippen molar-refractivity contribution in [1.82, 2.24) is 4.98 Å². The van der Waals surface area contributed by atoms with Crippen LogP contribution in [-0.4, -0.2) is 9.91 Å². The van der Waals surface area contributed by atoms with Crippen LogP contribution in [0.15, 0.2) is 6.07 Å². The lowest BCUT2D eigenvalue weighted by molar-refractivity contribution is -0.389. The van der Waals surface area contributed by atoms with Crippen LogP contribution in [0.2, 0.25) is 0 Å². The molecule has 1 aromatic heterocycles. The van der Waals surface area contributed by atoms with Crippen molar-refractivity contribution in [3.8, 4) is 6.07 Å². The zero-order valence-corrected chi connectivity index (χ0v) is 9.81. The zero-order chi connectivity index (χ0) is 12.3. The van der Waals surface area contributed by atoms with E-state index < -0.39 is 22.9 Å². The quantitative estimate of drug-likeness (QED) is 0.482. The van der Waals surface area contributed by atoms with E-state index in [9.17, 15) is 18.9 Å². The first kappa shape index (κ1) is 12.7. The van der Waals surface area contributed by atoms with Gasteiger partial charge in [-0.1, -0.05) is 0 Å². The third-order valence-corrected chi connectivity index (χ3v) is 2.95. The summed E-state index contributed by atoms with van der Waals surface area (Å²) in [6.45, 7) is 0. The van der Waals surface area contributed by atoms with Gasteiger partial charge in [-0.15, -0.1) is 0 Å². The number of alkyl halides is 2. The summed E-state index contributed by atoms with van der Waals surface area (Å²) in [7, 11) is 0. The van der Waals surface area contributed by atoms with Gasteiger partial charge in [-0.05, 0) is 38.1 Å². The molecule has 0 aliphatic rings. The molecule has 0 aliphatic carbocycles. The average molecular weight is 339 g/mol.